The minimum Gasteiger partial charge on any atom is -0.309 e. The van der Waals surface area contributed by atoms with E-state index in [1.54, 1.807) is 12.2 Å². The number of aromatic nitrogens is 1. The van der Waals surface area contributed by atoms with Crippen molar-refractivity contribution in [2.75, 3.05) is 0 Å². The highest BCUT2D eigenvalue weighted by molar-refractivity contribution is 6.14. The number of rotatable bonds is 7. The molecule has 5 aromatic carbocycles. The Hall–Kier alpha value is -6.06. The molecule has 0 bridgehead atoms. The van der Waals surface area contributed by atoms with Gasteiger partial charge in [0.15, 0.2) is 0 Å². The van der Waals surface area contributed by atoms with Gasteiger partial charge in [-0.3, -0.25) is 0 Å². The van der Waals surface area contributed by atoms with Crippen molar-refractivity contribution in [3.05, 3.63) is 202 Å². The Morgan fingerprint density at radius 1 is 0.600 bits per heavy atom. The molecule has 0 radical (unpaired) electrons. The third-order valence-electron chi connectivity index (χ3n) is 10.7. The number of nitrogens with one attached hydrogen (secondary N) is 2. The summed E-state index contributed by atoms with van der Waals surface area (Å²) in [6.45, 7) is 8.90. The quantitative estimate of drug-likeness (QED) is 0.162. The fourth-order valence-electron chi connectivity index (χ4n) is 8.55. The molecule has 1 aliphatic carbocycles. The van der Waals surface area contributed by atoms with Crippen molar-refractivity contribution in [3.63, 3.8) is 0 Å². The molecule has 2 heterocycles. The van der Waals surface area contributed by atoms with Crippen LogP contribution in [0.5, 0.6) is 0 Å². The molecule has 0 saturated heterocycles. The standard InChI is InChI=1S/C47H39N3/c1-5-15-36-30(3)47(39-20-11-13-23-44(39)50-43-22-12-10-18-37(43)38-19-14-21-40(47)46(38)50)31(4)45(36)35(6-2)32-24-26-34(27-25-32)42(49)29-28-41(48)33-16-8-7-9-17-33/h5-29,48-49H,1-4H3/b15-5-,29-28-,35-6-,48-41?,49-42?. The summed E-state index contributed by atoms with van der Waals surface area (Å²) in [4.78, 5) is 0. The predicted octanol–water partition coefficient (Wildman–Crippen LogP) is 11.7. The van der Waals surface area contributed by atoms with Gasteiger partial charge in [-0.05, 0) is 108 Å². The van der Waals surface area contributed by atoms with Gasteiger partial charge in [-0.1, -0.05) is 127 Å². The summed E-state index contributed by atoms with van der Waals surface area (Å²) in [6.07, 6.45) is 10.1. The van der Waals surface area contributed by atoms with E-state index < -0.39 is 5.41 Å². The summed E-state index contributed by atoms with van der Waals surface area (Å²) in [5.41, 5.74) is 15.8. The summed E-state index contributed by atoms with van der Waals surface area (Å²) in [6, 6.07) is 42.5. The predicted molar refractivity (Wildman–Crippen MR) is 211 cm³/mol. The van der Waals surface area contributed by atoms with E-state index in [0.717, 1.165) is 16.7 Å². The van der Waals surface area contributed by atoms with E-state index in [9.17, 15) is 0 Å². The molecule has 1 aliphatic heterocycles. The summed E-state index contributed by atoms with van der Waals surface area (Å²) in [5, 5.41) is 19.7. The number of fused-ring (bicyclic) bond motifs is 7. The average molecular weight is 646 g/mol. The first-order chi connectivity index (χ1) is 24.4. The van der Waals surface area contributed by atoms with E-state index in [-0.39, 0.29) is 0 Å². The molecule has 2 N–H and O–H groups in total. The maximum absolute atomic E-state index is 8.75. The minimum absolute atomic E-state index is 0.377. The van der Waals surface area contributed by atoms with Gasteiger partial charge >= 0.3 is 0 Å². The van der Waals surface area contributed by atoms with Crippen molar-refractivity contribution in [1.29, 1.82) is 10.8 Å². The van der Waals surface area contributed by atoms with Crippen LogP contribution in [-0.2, 0) is 5.41 Å². The Balaban J connectivity index is 1.27. The Morgan fingerprint density at radius 2 is 1.20 bits per heavy atom. The highest BCUT2D eigenvalue weighted by atomic mass is 15.0. The molecule has 2 aliphatic rings. The maximum atomic E-state index is 8.75. The van der Waals surface area contributed by atoms with Crippen LogP contribution in [0.4, 0.5) is 0 Å². The molecule has 50 heavy (non-hydrogen) atoms. The van der Waals surface area contributed by atoms with Crippen LogP contribution in [0.3, 0.4) is 0 Å². The van der Waals surface area contributed by atoms with Crippen LogP contribution in [-0.4, -0.2) is 16.0 Å². The third kappa shape index (κ3) is 4.43. The van der Waals surface area contributed by atoms with Gasteiger partial charge in [-0.25, -0.2) is 0 Å². The summed E-state index contributed by atoms with van der Waals surface area (Å²) in [5.74, 6) is 0. The zero-order valence-corrected chi connectivity index (χ0v) is 28.9. The third-order valence-corrected chi connectivity index (χ3v) is 10.7. The number of hydrogen-bond donors (Lipinski definition) is 2. The molecule has 0 saturated carbocycles. The number of hydrogen-bond acceptors (Lipinski definition) is 2. The van der Waals surface area contributed by atoms with E-state index in [1.165, 1.54) is 66.5 Å². The fourth-order valence-corrected chi connectivity index (χ4v) is 8.55. The van der Waals surface area contributed by atoms with Gasteiger partial charge in [0.25, 0.3) is 0 Å². The summed E-state index contributed by atoms with van der Waals surface area (Å²) >= 11 is 0. The van der Waals surface area contributed by atoms with Crippen LogP contribution >= 0.6 is 0 Å². The van der Waals surface area contributed by atoms with Gasteiger partial charge in [0.1, 0.15) is 0 Å². The lowest BCUT2D eigenvalue weighted by Gasteiger charge is -2.40. The molecule has 242 valence electrons. The van der Waals surface area contributed by atoms with Gasteiger partial charge in [-0.15, -0.1) is 0 Å². The lowest BCUT2D eigenvalue weighted by molar-refractivity contribution is 0.704. The lowest BCUT2D eigenvalue weighted by atomic mass is 9.64. The minimum atomic E-state index is -0.436. The Labute approximate surface area is 294 Å². The van der Waals surface area contributed by atoms with Crippen LogP contribution in [0.2, 0.25) is 0 Å². The van der Waals surface area contributed by atoms with Gasteiger partial charge < -0.3 is 15.4 Å². The van der Waals surface area contributed by atoms with Gasteiger partial charge in [0, 0.05) is 10.8 Å². The Kier molecular flexibility index (Phi) is 7.57. The molecular weight excluding hydrogens is 607 g/mol. The van der Waals surface area contributed by atoms with Crippen molar-refractivity contribution >= 4 is 38.8 Å². The molecular formula is C47H39N3. The second kappa shape index (κ2) is 12.1. The Morgan fingerprint density at radius 3 is 1.92 bits per heavy atom. The van der Waals surface area contributed by atoms with Crippen LogP contribution in [0, 0.1) is 10.8 Å². The first kappa shape index (κ1) is 31.2. The van der Waals surface area contributed by atoms with Crippen molar-refractivity contribution in [3.8, 4) is 5.69 Å². The van der Waals surface area contributed by atoms with E-state index in [2.05, 4.69) is 129 Å². The highest BCUT2D eigenvalue weighted by Crippen LogP contribution is 2.60. The van der Waals surface area contributed by atoms with Crippen LogP contribution in [0.15, 0.2) is 174 Å². The fraction of sp³-hybridized carbons (Fsp3) is 0.106. The molecule has 3 heteroatoms. The van der Waals surface area contributed by atoms with Crippen LogP contribution < -0.4 is 0 Å². The van der Waals surface area contributed by atoms with Gasteiger partial charge in [-0.2, -0.15) is 0 Å². The zero-order valence-electron chi connectivity index (χ0n) is 28.9. The molecule has 1 unspecified atom stereocenters. The van der Waals surface area contributed by atoms with Gasteiger partial charge in [0.2, 0.25) is 0 Å². The SMILES string of the molecule is C/C=C\C1=C(C)C2(C(C)=C1/C(=C\C)c1ccc(C(=N)/C=C\C(=N)c3ccccc3)cc1)c1ccccc1-n1c3ccccc3c3cccc2c31. The molecule has 3 nitrogen and oxygen atoms in total. The average Bonchev–Trinajstić information content (AvgIpc) is 3.60. The number of nitrogens with zero attached hydrogens (tertiary/aromatic N) is 1. The van der Waals surface area contributed by atoms with Crippen LogP contribution in [0.25, 0.3) is 33.1 Å². The molecule has 1 atom stereocenters. The van der Waals surface area contributed by atoms with E-state index in [1.807, 2.05) is 42.5 Å². The number of benzene rings is 5. The smallest absolute Gasteiger partial charge is 0.0675 e. The second-order valence-corrected chi connectivity index (χ2v) is 13.2. The number of para-hydroxylation sites is 3. The molecule has 1 aromatic heterocycles. The monoisotopic (exact) mass is 645 g/mol. The van der Waals surface area contributed by atoms with Crippen molar-refractivity contribution < 1.29 is 0 Å². The summed E-state index contributed by atoms with van der Waals surface area (Å²) in [7, 11) is 0. The lowest BCUT2D eigenvalue weighted by Crippen LogP contribution is -2.34. The van der Waals surface area contributed by atoms with Gasteiger partial charge in [0.05, 0.1) is 33.6 Å². The highest BCUT2D eigenvalue weighted by Gasteiger charge is 2.50. The summed E-state index contributed by atoms with van der Waals surface area (Å²) < 4.78 is 2.48. The van der Waals surface area contributed by atoms with E-state index in [0.29, 0.717) is 11.4 Å². The maximum Gasteiger partial charge on any atom is 0.0675 e. The topological polar surface area (TPSA) is 52.6 Å². The van der Waals surface area contributed by atoms with Crippen molar-refractivity contribution in [1.82, 2.24) is 4.57 Å². The zero-order chi connectivity index (χ0) is 34.6. The van der Waals surface area contributed by atoms with Crippen molar-refractivity contribution in [2.45, 2.75) is 33.1 Å². The van der Waals surface area contributed by atoms with E-state index in [4.69, 9.17) is 10.8 Å². The molecule has 8 rings (SSSR count). The van der Waals surface area contributed by atoms with Crippen molar-refractivity contribution in [2.24, 2.45) is 0 Å². The first-order valence-electron chi connectivity index (χ1n) is 17.3. The normalized spacial score (nSPS) is 17.2. The molecule has 6 aromatic rings. The number of allylic oxidation sites excluding steroid dienone is 10. The van der Waals surface area contributed by atoms with E-state index >= 15 is 0 Å². The first-order valence-corrected chi connectivity index (χ1v) is 17.3. The Bertz CT molecular complexity index is 2530. The largest absolute Gasteiger partial charge is 0.309 e. The second-order valence-electron chi connectivity index (χ2n) is 13.2. The molecule has 0 amide bonds. The molecule has 0 fully saturated rings. The molecule has 1 spiro atoms. The van der Waals surface area contributed by atoms with Crippen LogP contribution in [0.1, 0.15) is 55.5 Å².